The number of hydrogen-bond donors (Lipinski definition) is 2. The van der Waals surface area contributed by atoms with Crippen molar-refractivity contribution in [2.75, 3.05) is 12.4 Å². The molecule has 0 atom stereocenters. The highest BCUT2D eigenvalue weighted by Gasteiger charge is 2.05. The van der Waals surface area contributed by atoms with Crippen molar-refractivity contribution >= 4 is 28.2 Å². The van der Waals surface area contributed by atoms with E-state index in [-0.39, 0.29) is 5.56 Å². The van der Waals surface area contributed by atoms with Crippen molar-refractivity contribution < 1.29 is 4.74 Å². The number of aromatic amines is 1. The molecular weight excluding hydrogens is 312 g/mol. The molecule has 3 aromatic rings. The van der Waals surface area contributed by atoms with Crippen LogP contribution in [0.25, 0.3) is 10.9 Å². The Morgan fingerprint density at radius 2 is 2.00 bits per heavy atom. The monoisotopic (exact) mass is 328 g/mol. The fourth-order valence-electron chi connectivity index (χ4n) is 2.48. The molecule has 3 rings (SSSR count). The smallest absolute Gasteiger partial charge is 0.253 e. The average molecular weight is 329 g/mol. The molecule has 0 aliphatic carbocycles. The van der Waals surface area contributed by atoms with Gasteiger partial charge < -0.3 is 15.0 Å². The summed E-state index contributed by atoms with van der Waals surface area (Å²) in [5.41, 5.74) is 3.42. The second-order valence-electron chi connectivity index (χ2n) is 5.42. The van der Waals surface area contributed by atoms with Gasteiger partial charge in [0.2, 0.25) is 0 Å². The minimum atomic E-state index is -0.0894. The van der Waals surface area contributed by atoms with Crippen molar-refractivity contribution in [2.24, 2.45) is 0 Å². The summed E-state index contributed by atoms with van der Waals surface area (Å²) in [6, 6.07) is 13.3. The van der Waals surface area contributed by atoms with E-state index in [4.69, 9.17) is 16.3 Å². The normalized spacial score (nSPS) is 10.7. The Balaban J connectivity index is 1.85. The molecule has 0 unspecified atom stereocenters. The number of rotatable bonds is 4. The summed E-state index contributed by atoms with van der Waals surface area (Å²) >= 11 is 6.11. The van der Waals surface area contributed by atoms with Crippen LogP contribution in [-0.2, 0) is 6.54 Å². The summed E-state index contributed by atoms with van der Waals surface area (Å²) in [5.74, 6) is 0.622. The molecule has 0 aliphatic heterocycles. The van der Waals surface area contributed by atoms with Gasteiger partial charge in [-0.1, -0.05) is 23.2 Å². The minimum absolute atomic E-state index is 0.0894. The molecule has 23 heavy (non-hydrogen) atoms. The van der Waals surface area contributed by atoms with Gasteiger partial charge in [0.05, 0.1) is 12.1 Å². The first-order chi connectivity index (χ1) is 11.1. The molecule has 1 aromatic heterocycles. The number of methoxy groups -OCH3 is 1. The molecule has 0 spiro atoms. The molecule has 0 amide bonds. The Morgan fingerprint density at radius 3 is 2.74 bits per heavy atom. The number of fused-ring (bicyclic) bond motifs is 1. The summed E-state index contributed by atoms with van der Waals surface area (Å²) in [6.45, 7) is 2.45. The van der Waals surface area contributed by atoms with Gasteiger partial charge in [-0.2, -0.15) is 0 Å². The Kier molecular flexibility index (Phi) is 4.26. The van der Waals surface area contributed by atoms with Gasteiger partial charge in [-0.25, -0.2) is 0 Å². The molecule has 0 aliphatic rings. The number of hydrogen-bond acceptors (Lipinski definition) is 3. The predicted molar refractivity (Wildman–Crippen MR) is 94.6 cm³/mol. The Hall–Kier alpha value is -2.46. The second-order valence-corrected chi connectivity index (χ2v) is 5.82. The first-order valence-corrected chi connectivity index (χ1v) is 7.64. The SMILES string of the molecule is COc1ccc(NCc2cc3cc(C)ccc3[nH]c2=O)cc1Cl. The molecule has 0 bridgehead atoms. The molecule has 2 aromatic carbocycles. The summed E-state index contributed by atoms with van der Waals surface area (Å²) in [7, 11) is 1.57. The van der Waals surface area contributed by atoms with Crippen LogP contribution < -0.4 is 15.6 Å². The summed E-state index contributed by atoms with van der Waals surface area (Å²) in [4.78, 5) is 15.1. The molecule has 1 heterocycles. The van der Waals surface area contributed by atoms with Gasteiger partial charge >= 0.3 is 0 Å². The highest BCUT2D eigenvalue weighted by Crippen LogP contribution is 2.27. The standard InChI is InChI=1S/C18H17ClN2O2/c1-11-3-5-16-12(7-11)8-13(18(22)21-16)10-20-14-4-6-17(23-2)15(19)9-14/h3-9,20H,10H2,1-2H3,(H,21,22). The zero-order valence-electron chi connectivity index (χ0n) is 12.9. The van der Waals surface area contributed by atoms with E-state index in [0.717, 1.165) is 22.2 Å². The lowest BCUT2D eigenvalue weighted by atomic mass is 10.1. The Morgan fingerprint density at radius 1 is 1.17 bits per heavy atom. The van der Waals surface area contributed by atoms with Gasteiger partial charge in [-0.15, -0.1) is 0 Å². The van der Waals surface area contributed by atoms with E-state index in [2.05, 4.69) is 16.4 Å². The summed E-state index contributed by atoms with van der Waals surface area (Å²) in [6.07, 6.45) is 0. The van der Waals surface area contributed by atoms with Gasteiger partial charge in [0.15, 0.2) is 0 Å². The molecule has 4 nitrogen and oxygen atoms in total. The largest absolute Gasteiger partial charge is 0.495 e. The third-order valence-corrected chi connectivity index (χ3v) is 4.01. The molecule has 0 saturated carbocycles. The maximum Gasteiger partial charge on any atom is 0.253 e. The van der Waals surface area contributed by atoms with Gasteiger partial charge in [-0.3, -0.25) is 4.79 Å². The molecule has 2 N–H and O–H groups in total. The van der Waals surface area contributed by atoms with Gasteiger partial charge in [-0.05, 0) is 48.7 Å². The summed E-state index contributed by atoms with van der Waals surface area (Å²) < 4.78 is 5.13. The lowest BCUT2D eigenvalue weighted by Gasteiger charge is -2.09. The van der Waals surface area contributed by atoms with E-state index in [1.165, 1.54) is 0 Å². The lowest BCUT2D eigenvalue weighted by Crippen LogP contribution is -2.15. The van der Waals surface area contributed by atoms with Gasteiger partial charge in [0.25, 0.3) is 5.56 Å². The number of nitrogens with one attached hydrogen (secondary N) is 2. The van der Waals surface area contributed by atoms with Crippen LogP contribution >= 0.6 is 11.6 Å². The number of halogens is 1. The first kappa shape index (κ1) is 15.4. The molecule has 118 valence electrons. The topological polar surface area (TPSA) is 54.1 Å². The van der Waals surface area contributed by atoms with Crippen molar-refractivity contribution in [3.8, 4) is 5.75 Å². The highest BCUT2D eigenvalue weighted by molar-refractivity contribution is 6.32. The summed E-state index contributed by atoms with van der Waals surface area (Å²) in [5, 5.41) is 4.76. The van der Waals surface area contributed by atoms with Crippen LogP contribution in [0.3, 0.4) is 0 Å². The van der Waals surface area contributed by atoms with Crippen LogP contribution in [0.1, 0.15) is 11.1 Å². The van der Waals surface area contributed by atoms with Crippen LogP contribution in [-0.4, -0.2) is 12.1 Å². The molecular formula is C18H17ClN2O2. The quantitative estimate of drug-likeness (QED) is 0.757. The van der Waals surface area contributed by atoms with Crippen LogP contribution in [0.5, 0.6) is 5.75 Å². The van der Waals surface area contributed by atoms with Crippen LogP contribution in [0, 0.1) is 6.92 Å². The van der Waals surface area contributed by atoms with E-state index in [1.54, 1.807) is 19.2 Å². The third kappa shape index (κ3) is 3.32. The van der Waals surface area contributed by atoms with E-state index >= 15 is 0 Å². The fourth-order valence-corrected chi connectivity index (χ4v) is 2.73. The Labute approximate surface area is 139 Å². The maximum absolute atomic E-state index is 12.2. The van der Waals surface area contributed by atoms with Crippen LogP contribution in [0.2, 0.25) is 5.02 Å². The molecule has 5 heteroatoms. The fraction of sp³-hybridized carbons (Fsp3) is 0.167. The van der Waals surface area contributed by atoms with E-state index in [0.29, 0.717) is 22.9 Å². The minimum Gasteiger partial charge on any atom is -0.495 e. The number of anilines is 1. The van der Waals surface area contributed by atoms with Crippen molar-refractivity contribution in [2.45, 2.75) is 13.5 Å². The maximum atomic E-state index is 12.2. The second kappa shape index (κ2) is 6.34. The number of aryl methyl sites for hydroxylation is 1. The molecule has 0 saturated heterocycles. The lowest BCUT2D eigenvalue weighted by molar-refractivity contribution is 0.415. The molecule has 0 fully saturated rings. The zero-order chi connectivity index (χ0) is 16.4. The highest BCUT2D eigenvalue weighted by atomic mass is 35.5. The Bertz CT molecular complexity index is 919. The van der Waals surface area contributed by atoms with Crippen molar-refractivity contribution in [3.05, 3.63) is 69.0 Å². The zero-order valence-corrected chi connectivity index (χ0v) is 13.7. The van der Waals surface area contributed by atoms with E-state index in [9.17, 15) is 4.79 Å². The van der Waals surface area contributed by atoms with E-state index < -0.39 is 0 Å². The van der Waals surface area contributed by atoms with Crippen LogP contribution in [0.4, 0.5) is 5.69 Å². The number of aromatic nitrogens is 1. The number of benzene rings is 2. The number of ether oxygens (including phenoxy) is 1. The van der Waals surface area contributed by atoms with Crippen molar-refractivity contribution in [1.29, 1.82) is 0 Å². The van der Waals surface area contributed by atoms with Crippen molar-refractivity contribution in [1.82, 2.24) is 4.98 Å². The average Bonchev–Trinajstić information content (AvgIpc) is 2.53. The first-order valence-electron chi connectivity index (χ1n) is 7.27. The number of pyridine rings is 1. The third-order valence-electron chi connectivity index (χ3n) is 3.71. The predicted octanol–water partition coefficient (Wildman–Crippen LogP) is 4.11. The van der Waals surface area contributed by atoms with Crippen molar-refractivity contribution in [3.63, 3.8) is 0 Å². The van der Waals surface area contributed by atoms with Gasteiger partial charge in [0, 0.05) is 23.3 Å². The number of H-pyrrole nitrogens is 1. The van der Waals surface area contributed by atoms with Crippen LogP contribution in [0.15, 0.2) is 47.3 Å². The molecule has 0 radical (unpaired) electrons. The van der Waals surface area contributed by atoms with Gasteiger partial charge in [0.1, 0.15) is 5.75 Å². The van der Waals surface area contributed by atoms with E-state index in [1.807, 2.05) is 31.2 Å².